The van der Waals surface area contributed by atoms with Crippen LogP contribution in [0.2, 0.25) is 0 Å². The lowest BCUT2D eigenvalue weighted by molar-refractivity contribution is -0.134. The zero-order chi connectivity index (χ0) is 12.8. The molecule has 0 aromatic rings. The molecule has 0 spiro atoms. The number of sulfonamides is 1. The monoisotopic (exact) mass is 260 g/mol. The van der Waals surface area contributed by atoms with Gasteiger partial charge in [-0.25, -0.2) is 12.7 Å². The highest BCUT2D eigenvalue weighted by molar-refractivity contribution is 7.94. The highest BCUT2D eigenvalue weighted by Gasteiger charge is 2.62. The van der Waals surface area contributed by atoms with E-state index in [9.17, 15) is 13.2 Å². The van der Waals surface area contributed by atoms with Gasteiger partial charge in [0.1, 0.15) is 0 Å². The average molecular weight is 260 g/mol. The molecule has 0 aromatic carbocycles. The van der Waals surface area contributed by atoms with E-state index in [-0.39, 0.29) is 17.9 Å². The molecule has 17 heavy (non-hydrogen) atoms. The van der Waals surface area contributed by atoms with Gasteiger partial charge in [0.2, 0.25) is 0 Å². The number of nitrogens with zero attached hydrogens (tertiary/aromatic N) is 1. The van der Waals surface area contributed by atoms with Crippen molar-refractivity contribution in [3.05, 3.63) is 0 Å². The van der Waals surface area contributed by atoms with Gasteiger partial charge < -0.3 is 5.32 Å². The van der Waals surface area contributed by atoms with E-state index in [1.165, 1.54) is 13.8 Å². The number of nitrogens with one attached hydrogen (secondary N) is 1. The number of hydrogen-bond donors (Lipinski definition) is 1. The van der Waals surface area contributed by atoms with Crippen molar-refractivity contribution in [3.63, 3.8) is 0 Å². The van der Waals surface area contributed by atoms with Crippen LogP contribution in [0.25, 0.3) is 0 Å². The second kappa shape index (κ2) is 3.95. The SMILES string of the molecule is CC(C1CCCNC1)N1C(=O)C(C)(C)S1(=O)=O. The Balaban J connectivity index is 2.16. The minimum absolute atomic E-state index is 0.228. The second-order valence-electron chi connectivity index (χ2n) is 5.46. The van der Waals surface area contributed by atoms with Crippen LogP contribution >= 0.6 is 0 Å². The summed E-state index contributed by atoms with van der Waals surface area (Å²) in [5.74, 6) is -0.0332. The summed E-state index contributed by atoms with van der Waals surface area (Å²) < 4.78 is 24.0. The summed E-state index contributed by atoms with van der Waals surface area (Å²) in [6.07, 6.45) is 2.02. The Kier molecular flexibility index (Phi) is 2.98. The summed E-state index contributed by atoms with van der Waals surface area (Å²) in [4.78, 5) is 11.9. The number of amides is 1. The highest BCUT2D eigenvalue weighted by Crippen LogP contribution is 2.38. The maximum atomic E-state index is 12.1. The Morgan fingerprint density at radius 3 is 2.59 bits per heavy atom. The Labute approximate surface area is 103 Å². The maximum Gasteiger partial charge on any atom is 0.259 e. The van der Waals surface area contributed by atoms with Gasteiger partial charge in [-0.3, -0.25) is 4.79 Å². The fraction of sp³-hybridized carbons (Fsp3) is 0.909. The van der Waals surface area contributed by atoms with E-state index in [1.54, 1.807) is 0 Å². The Bertz CT molecular complexity index is 424. The number of carbonyl (C=O) groups excluding carboxylic acids is 1. The second-order valence-corrected chi connectivity index (χ2v) is 7.83. The molecule has 0 aromatic heterocycles. The van der Waals surface area contributed by atoms with Crippen molar-refractivity contribution in [3.8, 4) is 0 Å². The van der Waals surface area contributed by atoms with Gasteiger partial charge in [-0.05, 0) is 52.6 Å². The summed E-state index contributed by atoms with van der Waals surface area (Å²) in [5.41, 5.74) is 0. The molecule has 2 aliphatic rings. The van der Waals surface area contributed by atoms with Gasteiger partial charge in [0.25, 0.3) is 15.9 Å². The van der Waals surface area contributed by atoms with Gasteiger partial charge in [0.05, 0.1) is 0 Å². The van der Waals surface area contributed by atoms with Crippen LogP contribution in [0.15, 0.2) is 0 Å². The molecule has 0 saturated carbocycles. The average Bonchev–Trinajstić information content (AvgIpc) is 2.29. The van der Waals surface area contributed by atoms with Crippen LogP contribution in [-0.2, 0) is 14.8 Å². The normalized spacial score (nSPS) is 33.0. The zero-order valence-electron chi connectivity index (χ0n) is 10.6. The molecule has 0 bridgehead atoms. The minimum Gasteiger partial charge on any atom is -0.316 e. The first-order chi connectivity index (χ1) is 7.80. The van der Waals surface area contributed by atoms with Gasteiger partial charge in [-0.15, -0.1) is 0 Å². The summed E-state index contributed by atoms with van der Waals surface area (Å²) >= 11 is 0. The van der Waals surface area contributed by atoms with Crippen molar-refractivity contribution in [1.82, 2.24) is 9.62 Å². The van der Waals surface area contributed by atoms with E-state index < -0.39 is 14.8 Å². The molecule has 0 aliphatic carbocycles. The smallest absolute Gasteiger partial charge is 0.259 e. The molecular formula is C11H20N2O3S. The van der Waals surface area contributed by atoms with Gasteiger partial charge in [-0.1, -0.05) is 0 Å². The lowest BCUT2D eigenvalue weighted by Crippen LogP contribution is -2.70. The van der Waals surface area contributed by atoms with Crippen LogP contribution in [0.5, 0.6) is 0 Å². The van der Waals surface area contributed by atoms with Gasteiger partial charge in [-0.2, -0.15) is 0 Å². The predicted octanol–water partition coefficient (Wildman–Crippen LogP) is 0.325. The van der Waals surface area contributed by atoms with Crippen molar-refractivity contribution in [2.45, 2.75) is 44.4 Å². The first-order valence-electron chi connectivity index (χ1n) is 6.09. The fourth-order valence-corrected chi connectivity index (χ4v) is 4.31. The molecule has 0 radical (unpaired) electrons. The quantitative estimate of drug-likeness (QED) is 0.777. The number of piperidine rings is 1. The Hall–Kier alpha value is -0.620. The van der Waals surface area contributed by atoms with Gasteiger partial charge in [0, 0.05) is 6.04 Å². The molecule has 2 rings (SSSR count). The molecule has 6 heteroatoms. The van der Waals surface area contributed by atoms with E-state index >= 15 is 0 Å². The van der Waals surface area contributed by atoms with Crippen molar-refractivity contribution in [1.29, 1.82) is 0 Å². The van der Waals surface area contributed by atoms with Crippen LogP contribution in [0.3, 0.4) is 0 Å². The third-order valence-corrected chi connectivity index (χ3v) is 6.49. The number of rotatable bonds is 2. The molecule has 2 saturated heterocycles. The summed E-state index contributed by atoms with van der Waals surface area (Å²) in [7, 11) is -3.44. The largest absolute Gasteiger partial charge is 0.316 e. The standard InChI is InChI=1S/C11H20N2O3S/c1-8(9-5-4-6-12-7-9)13-10(14)11(2,3)17(13,15)16/h8-9,12H,4-7H2,1-3H3. The van der Waals surface area contributed by atoms with Crippen molar-refractivity contribution < 1.29 is 13.2 Å². The van der Waals surface area contributed by atoms with E-state index in [0.29, 0.717) is 0 Å². The highest BCUT2D eigenvalue weighted by atomic mass is 32.2. The van der Waals surface area contributed by atoms with E-state index in [2.05, 4.69) is 5.32 Å². The molecule has 5 nitrogen and oxygen atoms in total. The molecule has 2 unspecified atom stereocenters. The fourth-order valence-electron chi connectivity index (χ4n) is 2.58. The first-order valence-corrected chi connectivity index (χ1v) is 7.53. The zero-order valence-corrected chi connectivity index (χ0v) is 11.4. The minimum atomic E-state index is -3.44. The van der Waals surface area contributed by atoms with Crippen molar-refractivity contribution >= 4 is 15.9 Å². The van der Waals surface area contributed by atoms with Crippen LogP contribution in [0, 0.1) is 5.92 Å². The topological polar surface area (TPSA) is 66.5 Å². The van der Waals surface area contributed by atoms with Crippen LogP contribution in [0.1, 0.15) is 33.6 Å². The van der Waals surface area contributed by atoms with Gasteiger partial charge in [0.15, 0.2) is 4.75 Å². The summed E-state index contributed by atoms with van der Waals surface area (Å²) in [6, 6.07) is -0.228. The molecule has 1 N–H and O–H groups in total. The van der Waals surface area contributed by atoms with E-state index in [4.69, 9.17) is 0 Å². The predicted molar refractivity (Wildman–Crippen MR) is 64.9 cm³/mol. The summed E-state index contributed by atoms with van der Waals surface area (Å²) in [5, 5.41) is 3.25. The number of hydrogen-bond acceptors (Lipinski definition) is 4. The lowest BCUT2D eigenvalue weighted by Gasteiger charge is -2.48. The van der Waals surface area contributed by atoms with Crippen LogP contribution < -0.4 is 5.32 Å². The third kappa shape index (κ3) is 1.69. The molecule has 1 amide bonds. The van der Waals surface area contributed by atoms with Crippen molar-refractivity contribution in [2.24, 2.45) is 5.92 Å². The molecule has 2 aliphatic heterocycles. The first kappa shape index (κ1) is 12.8. The number of carbonyl (C=O) groups is 1. The molecule has 2 heterocycles. The Morgan fingerprint density at radius 1 is 1.47 bits per heavy atom. The third-order valence-electron chi connectivity index (χ3n) is 4.01. The van der Waals surface area contributed by atoms with E-state index in [0.717, 1.165) is 30.2 Å². The van der Waals surface area contributed by atoms with Gasteiger partial charge >= 0.3 is 0 Å². The molecular weight excluding hydrogens is 240 g/mol. The molecule has 98 valence electrons. The van der Waals surface area contributed by atoms with Crippen molar-refractivity contribution in [2.75, 3.05) is 13.1 Å². The maximum absolute atomic E-state index is 12.1. The lowest BCUT2D eigenvalue weighted by atomic mass is 9.92. The Morgan fingerprint density at radius 2 is 2.12 bits per heavy atom. The van der Waals surface area contributed by atoms with Crippen LogP contribution in [0.4, 0.5) is 0 Å². The van der Waals surface area contributed by atoms with E-state index in [1.807, 2.05) is 6.92 Å². The molecule has 2 fully saturated rings. The van der Waals surface area contributed by atoms with Crippen LogP contribution in [-0.4, -0.2) is 42.5 Å². The molecule has 2 atom stereocenters. The summed E-state index contributed by atoms with van der Waals surface area (Å²) in [6.45, 7) is 6.57.